The zero-order valence-corrected chi connectivity index (χ0v) is 18.5. The van der Waals surface area contributed by atoms with E-state index in [0.29, 0.717) is 18.5 Å². The van der Waals surface area contributed by atoms with Crippen LogP contribution < -0.4 is 0 Å². The number of likely N-dealkylation sites (tertiary alicyclic amines) is 2. The molecule has 162 valence electrons. The van der Waals surface area contributed by atoms with Gasteiger partial charge in [0.15, 0.2) is 0 Å². The second kappa shape index (κ2) is 7.77. The topological polar surface area (TPSA) is 53.5 Å². The molecule has 2 saturated heterocycles. The van der Waals surface area contributed by atoms with E-state index in [4.69, 9.17) is 0 Å². The number of amides is 2. The highest BCUT2D eigenvalue weighted by atomic mass is 16.2. The highest BCUT2D eigenvalue weighted by Gasteiger charge is 2.60. The van der Waals surface area contributed by atoms with E-state index in [-0.39, 0.29) is 35.4 Å². The molecule has 5 rings (SSSR count). The molecule has 2 aliphatic heterocycles. The van der Waals surface area contributed by atoms with Gasteiger partial charge in [-0.25, -0.2) is 0 Å². The minimum absolute atomic E-state index is 0.0132. The van der Waals surface area contributed by atoms with Gasteiger partial charge in [-0.3, -0.25) is 14.6 Å². The third kappa shape index (κ3) is 3.44. The number of rotatable bonds is 3. The van der Waals surface area contributed by atoms with Crippen LogP contribution in [-0.2, 0) is 11.2 Å². The van der Waals surface area contributed by atoms with E-state index in [1.807, 2.05) is 30.3 Å². The maximum Gasteiger partial charge on any atom is 0.254 e. The van der Waals surface area contributed by atoms with Crippen LogP contribution in [0.4, 0.5) is 0 Å². The smallest absolute Gasteiger partial charge is 0.254 e. The Morgan fingerprint density at radius 3 is 2.58 bits per heavy atom. The number of carbonyl (C=O) groups excluding carboxylic acids is 2. The molecule has 2 amide bonds. The summed E-state index contributed by atoms with van der Waals surface area (Å²) >= 11 is 0. The summed E-state index contributed by atoms with van der Waals surface area (Å²) in [5.74, 6) is 0.242. The lowest BCUT2D eigenvalue weighted by Gasteiger charge is -2.46. The first-order chi connectivity index (χ1) is 15.0. The molecule has 31 heavy (non-hydrogen) atoms. The van der Waals surface area contributed by atoms with Gasteiger partial charge in [-0.15, -0.1) is 0 Å². The summed E-state index contributed by atoms with van der Waals surface area (Å²) < 4.78 is 0. The molecule has 0 unspecified atom stereocenters. The summed E-state index contributed by atoms with van der Waals surface area (Å²) in [6.45, 7) is 4.66. The van der Waals surface area contributed by atoms with E-state index in [1.54, 1.807) is 13.1 Å². The van der Waals surface area contributed by atoms with Crippen LogP contribution in [0.25, 0.3) is 0 Å². The van der Waals surface area contributed by atoms with Gasteiger partial charge in [0, 0.05) is 54.8 Å². The predicted molar refractivity (Wildman–Crippen MR) is 120 cm³/mol. The molecule has 0 radical (unpaired) electrons. The maximum absolute atomic E-state index is 13.8. The molecule has 1 saturated carbocycles. The fraction of sp³-hybridized carbons (Fsp3) is 0.500. The first-order valence-electron chi connectivity index (χ1n) is 11.6. The molecule has 0 N–H and O–H groups in total. The first kappa shape index (κ1) is 20.2. The molecule has 3 fully saturated rings. The fourth-order valence-electron chi connectivity index (χ4n) is 6.48. The van der Waals surface area contributed by atoms with Gasteiger partial charge in [0.2, 0.25) is 5.91 Å². The zero-order valence-electron chi connectivity index (χ0n) is 18.5. The Hall–Kier alpha value is -2.69. The van der Waals surface area contributed by atoms with Crippen molar-refractivity contribution < 1.29 is 9.59 Å². The highest BCUT2D eigenvalue weighted by Crippen LogP contribution is 2.53. The summed E-state index contributed by atoms with van der Waals surface area (Å²) in [5.41, 5.74) is 2.80. The van der Waals surface area contributed by atoms with E-state index in [1.165, 1.54) is 5.56 Å². The quantitative estimate of drug-likeness (QED) is 0.757. The van der Waals surface area contributed by atoms with Crippen molar-refractivity contribution in [2.75, 3.05) is 6.54 Å². The minimum Gasteiger partial charge on any atom is -0.337 e. The molecular weight excluding hydrogens is 386 g/mol. The van der Waals surface area contributed by atoms with Crippen LogP contribution >= 0.6 is 0 Å². The number of aromatic nitrogens is 1. The molecule has 3 heterocycles. The van der Waals surface area contributed by atoms with E-state index < -0.39 is 0 Å². The molecule has 2 aromatic rings. The van der Waals surface area contributed by atoms with Gasteiger partial charge >= 0.3 is 0 Å². The van der Waals surface area contributed by atoms with Crippen LogP contribution in [0.3, 0.4) is 0 Å². The summed E-state index contributed by atoms with van der Waals surface area (Å²) in [7, 11) is 0. The first-order valence-corrected chi connectivity index (χ1v) is 11.6. The molecule has 0 spiro atoms. The highest BCUT2D eigenvalue weighted by molar-refractivity contribution is 5.95. The van der Waals surface area contributed by atoms with Crippen molar-refractivity contribution in [1.82, 2.24) is 14.8 Å². The predicted octanol–water partition coefficient (Wildman–Crippen LogP) is 4.07. The molecule has 1 aliphatic carbocycles. The second-order valence-electron chi connectivity index (χ2n) is 9.76. The average Bonchev–Trinajstić information content (AvgIpc) is 2.87. The fourth-order valence-corrected chi connectivity index (χ4v) is 6.48. The molecule has 2 bridgehead atoms. The number of pyridine rings is 1. The van der Waals surface area contributed by atoms with Crippen LogP contribution in [0.15, 0.2) is 48.7 Å². The molecule has 1 aromatic carbocycles. The maximum atomic E-state index is 13.8. The minimum atomic E-state index is -0.0132. The van der Waals surface area contributed by atoms with E-state index >= 15 is 0 Å². The van der Waals surface area contributed by atoms with Gasteiger partial charge in [0.05, 0.1) is 6.04 Å². The van der Waals surface area contributed by atoms with E-state index in [0.717, 1.165) is 37.8 Å². The summed E-state index contributed by atoms with van der Waals surface area (Å²) in [5, 5.41) is 0. The number of fused-ring (bicyclic) bond motifs is 1. The second-order valence-corrected chi connectivity index (χ2v) is 9.76. The molecule has 5 nitrogen and oxygen atoms in total. The Morgan fingerprint density at radius 1 is 1.10 bits per heavy atom. The van der Waals surface area contributed by atoms with Gasteiger partial charge < -0.3 is 9.80 Å². The number of nitrogens with zero attached hydrogens (tertiary/aromatic N) is 3. The molecule has 3 aliphatic rings. The molecule has 1 aromatic heterocycles. The van der Waals surface area contributed by atoms with Gasteiger partial charge in [-0.2, -0.15) is 0 Å². The lowest BCUT2D eigenvalue weighted by atomic mass is 9.71. The van der Waals surface area contributed by atoms with E-state index in [2.05, 4.69) is 33.8 Å². The Bertz CT molecular complexity index is 991. The standard InChI is InChI=1S/C26H31N3O2/c1-18(30)28-17-22-16-26(2)23(28)10-6-7-11-24(26)29(22)25(31)20-12-13-27-21(15-20)14-19-8-4-3-5-9-19/h3-5,8-9,12-13,15,22-24H,6-7,10-11,14,16-17H2,1-2H3/t22-,23+,24-,26+/m0/s1. The molecular formula is C26H31N3O2. The monoisotopic (exact) mass is 417 g/mol. The van der Waals surface area contributed by atoms with Crippen molar-refractivity contribution in [3.8, 4) is 0 Å². The van der Waals surface area contributed by atoms with Crippen LogP contribution in [0.2, 0.25) is 0 Å². The van der Waals surface area contributed by atoms with Crippen LogP contribution in [-0.4, -0.2) is 51.3 Å². The summed E-state index contributed by atoms with van der Waals surface area (Å²) in [4.78, 5) is 35.0. The normalized spacial score (nSPS) is 29.5. The lowest BCUT2D eigenvalue weighted by molar-refractivity contribution is -0.136. The lowest BCUT2D eigenvalue weighted by Crippen LogP contribution is -2.55. The molecule has 4 atom stereocenters. The van der Waals surface area contributed by atoms with Crippen molar-refractivity contribution in [1.29, 1.82) is 0 Å². The van der Waals surface area contributed by atoms with Gasteiger partial charge in [0.25, 0.3) is 5.91 Å². The van der Waals surface area contributed by atoms with Crippen molar-refractivity contribution in [3.63, 3.8) is 0 Å². The van der Waals surface area contributed by atoms with Crippen molar-refractivity contribution in [2.24, 2.45) is 5.41 Å². The largest absolute Gasteiger partial charge is 0.337 e. The van der Waals surface area contributed by atoms with Gasteiger partial charge in [-0.05, 0) is 37.0 Å². The average molecular weight is 418 g/mol. The Labute approximate surface area is 184 Å². The Balaban J connectivity index is 1.46. The number of hydrogen-bond donors (Lipinski definition) is 0. The van der Waals surface area contributed by atoms with Crippen molar-refractivity contribution in [2.45, 2.75) is 70.5 Å². The van der Waals surface area contributed by atoms with Gasteiger partial charge in [-0.1, -0.05) is 50.1 Å². The van der Waals surface area contributed by atoms with Crippen LogP contribution in [0.1, 0.15) is 67.6 Å². The zero-order chi connectivity index (χ0) is 21.6. The number of carbonyl (C=O) groups is 2. The van der Waals surface area contributed by atoms with Gasteiger partial charge in [0.1, 0.15) is 0 Å². The SMILES string of the molecule is CC(=O)N1C[C@@H]2C[C@@]3(C)[C@H](CCCC[C@@H]13)N2C(=O)c1ccnc(Cc2ccccc2)c1. The Morgan fingerprint density at radius 2 is 1.84 bits per heavy atom. The van der Waals surface area contributed by atoms with Crippen LogP contribution in [0, 0.1) is 5.41 Å². The molecule has 5 heteroatoms. The number of hydrogen-bond acceptors (Lipinski definition) is 3. The van der Waals surface area contributed by atoms with Crippen molar-refractivity contribution >= 4 is 11.8 Å². The van der Waals surface area contributed by atoms with E-state index in [9.17, 15) is 9.59 Å². The third-order valence-corrected chi connectivity index (χ3v) is 7.85. The number of piperidine rings is 1. The number of benzene rings is 1. The Kier molecular flexibility index (Phi) is 5.07. The summed E-state index contributed by atoms with van der Waals surface area (Å²) in [6, 6.07) is 14.6. The van der Waals surface area contributed by atoms with Crippen LogP contribution in [0.5, 0.6) is 0 Å². The summed E-state index contributed by atoms with van der Waals surface area (Å²) in [6.07, 6.45) is 7.80. The third-order valence-electron chi connectivity index (χ3n) is 7.85. The van der Waals surface area contributed by atoms with Crippen molar-refractivity contribution in [3.05, 3.63) is 65.5 Å².